The number of anilines is 2. The quantitative estimate of drug-likeness (QED) is 0.614. The van der Waals surface area contributed by atoms with E-state index in [9.17, 15) is 5.11 Å². The molecule has 1 aliphatic heterocycles. The minimum atomic E-state index is -0.164. The van der Waals surface area contributed by atoms with Crippen molar-refractivity contribution in [3.05, 3.63) is 64.1 Å². The van der Waals surface area contributed by atoms with Gasteiger partial charge in [-0.25, -0.2) is 15.0 Å². The third kappa shape index (κ3) is 3.71. The minimum Gasteiger partial charge on any atom is -0.390 e. The number of aromatic nitrogens is 3. The molecule has 3 heterocycles. The van der Waals surface area contributed by atoms with Crippen molar-refractivity contribution in [3.8, 4) is 11.3 Å². The molecule has 1 spiro atoms. The van der Waals surface area contributed by atoms with Crippen molar-refractivity contribution in [1.82, 2.24) is 15.0 Å². The minimum absolute atomic E-state index is 0.164. The fourth-order valence-corrected chi connectivity index (χ4v) is 5.46. The van der Waals surface area contributed by atoms with E-state index in [1.54, 1.807) is 19.3 Å². The maximum atomic E-state index is 10.1. The lowest BCUT2D eigenvalue weighted by atomic mass is 9.76. The van der Waals surface area contributed by atoms with E-state index in [2.05, 4.69) is 39.5 Å². The molecule has 1 fully saturated rings. The highest BCUT2D eigenvalue weighted by Crippen LogP contribution is 2.45. The number of aliphatic hydroxyl groups is 1. The van der Waals surface area contributed by atoms with Crippen molar-refractivity contribution in [2.45, 2.75) is 39.2 Å². The number of rotatable bonds is 4. The summed E-state index contributed by atoms with van der Waals surface area (Å²) in [6.07, 6.45) is 6.28. The highest BCUT2D eigenvalue weighted by molar-refractivity contribution is 6.33. The van der Waals surface area contributed by atoms with E-state index < -0.39 is 0 Å². The lowest BCUT2D eigenvalue weighted by molar-refractivity contribution is 0.231. The maximum absolute atomic E-state index is 10.1. The van der Waals surface area contributed by atoms with Crippen molar-refractivity contribution >= 4 is 23.2 Å². The summed E-state index contributed by atoms with van der Waals surface area (Å²) in [5, 5.41) is 13.6. The van der Waals surface area contributed by atoms with Crippen LogP contribution in [0.25, 0.3) is 11.3 Å². The Hall–Kier alpha value is -2.70. The van der Waals surface area contributed by atoms with Crippen LogP contribution >= 0.6 is 11.6 Å². The number of aryl methyl sites for hydroxylation is 1. The topological polar surface area (TPSA) is 74.2 Å². The Kier molecular flexibility index (Phi) is 5.51. The summed E-state index contributed by atoms with van der Waals surface area (Å²) in [6.45, 7) is 3.62. The normalized spacial score (nSPS) is 16.9. The molecule has 0 amide bonds. The van der Waals surface area contributed by atoms with Crippen LogP contribution in [0.15, 0.2) is 36.5 Å². The number of aliphatic hydroxyl groups excluding tert-OH is 1. The molecule has 1 saturated heterocycles. The Morgan fingerprint density at radius 3 is 2.41 bits per heavy atom. The van der Waals surface area contributed by atoms with Gasteiger partial charge in [0.1, 0.15) is 11.5 Å². The Morgan fingerprint density at radius 1 is 1.12 bits per heavy atom. The van der Waals surface area contributed by atoms with Gasteiger partial charge in [-0.3, -0.25) is 0 Å². The molecule has 1 aromatic carbocycles. The zero-order chi connectivity index (χ0) is 22.3. The van der Waals surface area contributed by atoms with E-state index in [0.29, 0.717) is 27.6 Å². The zero-order valence-corrected chi connectivity index (χ0v) is 19.3. The van der Waals surface area contributed by atoms with Crippen molar-refractivity contribution in [2.75, 3.05) is 30.4 Å². The van der Waals surface area contributed by atoms with Gasteiger partial charge in [-0.15, -0.1) is 0 Å². The lowest BCUT2D eigenvalue weighted by Crippen LogP contribution is -2.41. The van der Waals surface area contributed by atoms with Crippen LogP contribution in [-0.2, 0) is 19.4 Å². The number of pyridine rings is 1. The van der Waals surface area contributed by atoms with Gasteiger partial charge in [0.25, 0.3) is 0 Å². The number of hydrogen-bond donors (Lipinski definition) is 2. The molecule has 0 bridgehead atoms. The summed E-state index contributed by atoms with van der Waals surface area (Å²) in [4.78, 5) is 16.3. The van der Waals surface area contributed by atoms with Gasteiger partial charge >= 0.3 is 0 Å². The monoisotopic (exact) mass is 449 g/mol. The molecule has 0 atom stereocenters. The van der Waals surface area contributed by atoms with Crippen LogP contribution in [0.5, 0.6) is 0 Å². The first-order valence-corrected chi connectivity index (χ1v) is 11.5. The van der Waals surface area contributed by atoms with Crippen LogP contribution < -0.4 is 10.2 Å². The number of nitrogens with zero attached hydrogens (tertiary/aromatic N) is 4. The van der Waals surface area contributed by atoms with Gasteiger partial charge in [0, 0.05) is 31.9 Å². The van der Waals surface area contributed by atoms with Gasteiger partial charge in [-0.05, 0) is 55.2 Å². The fourth-order valence-electron chi connectivity index (χ4n) is 5.22. The van der Waals surface area contributed by atoms with Gasteiger partial charge in [0.2, 0.25) is 0 Å². The van der Waals surface area contributed by atoms with Gasteiger partial charge < -0.3 is 15.3 Å². The predicted octanol–water partition coefficient (Wildman–Crippen LogP) is 4.42. The lowest BCUT2D eigenvalue weighted by Gasteiger charge is -2.40. The highest BCUT2D eigenvalue weighted by Gasteiger charge is 2.40. The van der Waals surface area contributed by atoms with E-state index in [1.165, 1.54) is 24.0 Å². The molecular weight excluding hydrogens is 422 g/mol. The summed E-state index contributed by atoms with van der Waals surface area (Å²) in [5.41, 5.74) is 6.13. The molecule has 166 valence electrons. The number of piperidine rings is 1. The number of nitrogens with one attached hydrogen (secondary N) is 1. The summed E-state index contributed by atoms with van der Waals surface area (Å²) in [7, 11) is 1.80. The molecular formula is C25H28ClN5O. The molecule has 2 N–H and O–H groups in total. The molecule has 6 nitrogen and oxygen atoms in total. The van der Waals surface area contributed by atoms with Crippen LogP contribution in [0.4, 0.5) is 11.6 Å². The van der Waals surface area contributed by atoms with Gasteiger partial charge in [-0.1, -0.05) is 35.9 Å². The van der Waals surface area contributed by atoms with Crippen LogP contribution in [0.2, 0.25) is 5.02 Å². The first kappa shape index (κ1) is 21.2. The smallest absolute Gasteiger partial charge is 0.153 e. The Morgan fingerprint density at radius 2 is 1.81 bits per heavy atom. The average Bonchev–Trinajstić information content (AvgIpc) is 3.17. The van der Waals surface area contributed by atoms with Gasteiger partial charge in [0.05, 0.1) is 23.0 Å². The van der Waals surface area contributed by atoms with Crippen LogP contribution in [0.1, 0.15) is 35.4 Å². The second-order valence-corrected chi connectivity index (χ2v) is 9.40. The highest BCUT2D eigenvalue weighted by atomic mass is 35.5. The summed E-state index contributed by atoms with van der Waals surface area (Å²) in [6, 6.07) is 10.6. The molecule has 2 aromatic heterocycles. The molecule has 0 saturated carbocycles. The zero-order valence-electron chi connectivity index (χ0n) is 18.5. The molecule has 0 radical (unpaired) electrons. The van der Waals surface area contributed by atoms with E-state index in [1.807, 2.05) is 6.92 Å². The first-order valence-electron chi connectivity index (χ1n) is 11.2. The van der Waals surface area contributed by atoms with Crippen molar-refractivity contribution < 1.29 is 5.11 Å². The third-order valence-electron chi connectivity index (χ3n) is 7.01. The SMILES string of the molecule is CNc1cc(Cl)c(-c2nc(CO)c(N3CCC4(CC3)Cc3ccccc3C4)nc2C)cn1. The number of benzene rings is 1. The summed E-state index contributed by atoms with van der Waals surface area (Å²) < 4.78 is 0. The number of hydrogen-bond acceptors (Lipinski definition) is 6. The summed E-state index contributed by atoms with van der Waals surface area (Å²) in [5.74, 6) is 1.48. The average molecular weight is 450 g/mol. The Bertz CT molecular complexity index is 1130. The molecule has 3 aromatic rings. The van der Waals surface area contributed by atoms with Crippen LogP contribution in [-0.4, -0.2) is 40.2 Å². The third-order valence-corrected chi connectivity index (χ3v) is 7.32. The van der Waals surface area contributed by atoms with Crippen molar-refractivity contribution in [2.24, 2.45) is 5.41 Å². The Balaban J connectivity index is 1.39. The summed E-state index contributed by atoms with van der Waals surface area (Å²) >= 11 is 6.49. The largest absolute Gasteiger partial charge is 0.390 e. The molecule has 2 aliphatic rings. The van der Waals surface area contributed by atoms with E-state index in [4.69, 9.17) is 21.6 Å². The van der Waals surface area contributed by atoms with Crippen molar-refractivity contribution in [3.63, 3.8) is 0 Å². The molecule has 1 aliphatic carbocycles. The number of fused-ring (bicyclic) bond motifs is 1. The Labute approximate surface area is 193 Å². The molecule has 5 rings (SSSR count). The maximum Gasteiger partial charge on any atom is 0.153 e. The fraction of sp³-hybridized carbons (Fsp3) is 0.400. The molecule has 7 heteroatoms. The standard InChI is InChI=1S/C25H28ClN5O/c1-16-23(19-14-28-22(27-2)11-20(19)26)30-21(15-32)24(29-16)31-9-7-25(8-10-31)12-17-5-3-4-6-18(17)13-25/h3-6,11,14,32H,7-10,12-13,15H2,1-2H3,(H,27,28). The van der Waals surface area contributed by atoms with E-state index in [-0.39, 0.29) is 6.61 Å². The second kappa shape index (κ2) is 8.34. The van der Waals surface area contributed by atoms with Crippen LogP contribution in [0, 0.1) is 12.3 Å². The van der Waals surface area contributed by atoms with Gasteiger partial charge in [-0.2, -0.15) is 0 Å². The van der Waals surface area contributed by atoms with E-state index in [0.717, 1.165) is 43.0 Å². The van der Waals surface area contributed by atoms with Crippen LogP contribution in [0.3, 0.4) is 0 Å². The second-order valence-electron chi connectivity index (χ2n) is 8.99. The first-order chi connectivity index (χ1) is 15.5. The predicted molar refractivity (Wildman–Crippen MR) is 128 cm³/mol. The molecule has 0 unspecified atom stereocenters. The number of halogens is 1. The molecule has 32 heavy (non-hydrogen) atoms. The van der Waals surface area contributed by atoms with E-state index >= 15 is 0 Å². The van der Waals surface area contributed by atoms with Crippen molar-refractivity contribution in [1.29, 1.82) is 0 Å². The van der Waals surface area contributed by atoms with Gasteiger partial charge in [0.15, 0.2) is 5.82 Å².